The zero-order valence-electron chi connectivity index (χ0n) is 8.14. The predicted molar refractivity (Wildman–Crippen MR) is 53.7 cm³/mol. The van der Waals surface area contributed by atoms with Gasteiger partial charge >= 0.3 is 5.97 Å². The van der Waals surface area contributed by atoms with Crippen LogP contribution in [0, 0.1) is 0 Å². The Morgan fingerprint density at radius 3 is 2.27 bits per heavy atom. The highest BCUT2D eigenvalue weighted by Gasteiger charge is 2.07. The number of rotatable bonds is 5. The van der Waals surface area contributed by atoms with Gasteiger partial charge in [0.05, 0.1) is 0 Å². The second-order valence-corrected chi connectivity index (χ2v) is 3.28. The molecule has 0 aliphatic heterocycles. The first-order valence-corrected chi connectivity index (χ1v) is 4.59. The molecule has 0 amide bonds. The molecule has 0 radical (unpaired) electrons. The van der Waals surface area contributed by atoms with Gasteiger partial charge in [0.2, 0.25) is 0 Å². The van der Waals surface area contributed by atoms with E-state index in [2.05, 4.69) is 0 Å². The van der Waals surface area contributed by atoms with Crippen LogP contribution in [-0.4, -0.2) is 22.0 Å². The summed E-state index contributed by atoms with van der Waals surface area (Å²) in [4.78, 5) is 21.3. The van der Waals surface area contributed by atoms with Gasteiger partial charge < -0.3 is 10.2 Å². The number of carbonyl (C=O) groups is 2. The van der Waals surface area contributed by atoms with Crippen molar-refractivity contribution in [2.24, 2.45) is 0 Å². The van der Waals surface area contributed by atoms with E-state index in [-0.39, 0.29) is 18.0 Å². The average Bonchev–Trinajstić information content (AvgIpc) is 2.16. The summed E-state index contributed by atoms with van der Waals surface area (Å²) >= 11 is 0. The van der Waals surface area contributed by atoms with Crippen molar-refractivity contribution >= 4 is 11.8 Å². The number of hydrogen-bond donors (Lipinski definition) is 2. The summed E-state index contributed by atoms with van der Waals surface area (Å²) in [7, 11) is 0. The predicted octanol–water partition coefficient (Wildman–Crippen LogP) is 1.37. The van der Waals surface area contributed by atoms with E-state index in [1.165, 1.54) is 12.1 Å². The van der Waals surface area contributed by atoms with Gasteiger partial charge in [-0.3, -0.25) is 9.59 Å². The maximum atomic E-state index is 11.1. The monoisotopic (exact) mass is 208 g/mol. The Labute approximate surface area is 87.2 Å². The van der Waals surface area contributed by atoms with Gasteiger partial charge in [0, 0.05) is 6.42 Å². The van der Waals surface area contributed by atoms with Crippen molar-refractivity contribution in [2.45, 2.75) is 19.3 Å². The summed E-state index contributed by atoms with van der Waals surface area (Å²) in [6.45, 7) is 0. The van der Waals surface area contributed by atoms with Crippen LogP contribution in [0.25, 0.3) is 0 Å². The Morgan fingerprint density at radius 2 is 1.73 bits per heavy atom. The fourth-order valence-electron chi connectivity index (χ4n) is 1.20. The number of phenols is 1. The number of aliphatic carboxylic acids is 1. The Bertz CT molecular complexity index is 353. The van der Waals surface area contributed by atoms with Crippen LogP contribution >= 0.6 is 0 Å². The molecule has 0 atom stereocenters. The first kappa shape index (κ1) is 11.2. The molecule has 0 spiro atoms. The Hall–Kier alpha value is -1.84. The fourth-order valence-corrected chi connectivity index (χ4v) is 1.20. The second kappa shape index (κ2) is 5.14. The highest BCUT2D eigenvalue weighted by molar-refractivity contribution is 5.94. The van der Waals surface area contributed by atoms with Crippen molar-refractivity contribution in [2.75, 3.05) is 0 Å². The first-order valence-electron chi connectivity index (χ1n) is 4.59. The van der Waals surface area contributed by atoms with E-state index in [1.807, 2.05) is 0 Å². The van der Waals surface area contributed by atoms with Crippen molar-refractivity contribution in [1.29, 1.82) is 0 Å². The molecule has 0 aliphatic rings. The molecule has 0 unspecified atom stereocenters. The number of aromatic hydroxyl groups is 1. The third-order valence-electron chi connectivity index (χ3n) is 1.98. The lowest BCUT2D eigenvalue weighted by atomic mass is 10.1. The van der Waals surface area contributed by atoms with E-state index in [4.69, 9.17) is 10.2 Å². The molecule has 0 saturated heterocycles. The van der Waals surface area contributed by atoms with E-state index < -0.39 is 12.4 Å². The SMILES string of the molecule is O=C(O)CC(=O)CCc1ccc(O)cc1. The van der Waals surface area contributed by atoms with Gasteiger partial charge in [-0.1, -0.05) is 12.1 Å². The van der Waals surface area contributed by atoms with Crippen molar-refractivity contribution < 1.29 is 19.8 Å². The molecule has 4 nitrogen and oxygen atoms in total. The summed E-state index contributed by atoms with van der Waals surface area (Å²) < 4.78 is 0. The summed E-state index contributed by atoms with van der Waals surface area (Å²) in [6, 6.07) is 6.50. The van der Waals surface area contributed by atoms with Gasteiger partial charge in [-0.25, -0.2) is 0 Å². The molecule has 0 aromatic heterocycles. The maximum Gasteiger partial charge on any atom is 0.310 e. The minimum atomic E-state index is -1.09. The second-order valence-electron chi connectivity index (χ2n) is 3.28. The van der Waals surface area contributed by atoms with Crippen LogP contribution in [0.1, 0.15) is 18.4 Å². The van der Waals surface area contributed by atoms with E-state index in [0.29, 0.717) is 6.42 Å². The molecule has 0 bridgehead atoms. The number of benzene rings is 1. The number of Topliss-reactive ketones (excluding diaryl/α,β-unsaturated/α-hetero) is 1. The third-order valence-corrected chi connectivity index (χ3v) is 1.98. The number of carbonyl (C=O) groups excluding carboxylic acids is 1. The molecule has 4 heteroatoms. The molecule has 0 saturated carbocycles. The minimum Gasteiger partial charge on any atom is -0.508 e. The maximum absolute atomic E-state index is 11.1. The average molecular weight is 208 g/mol. The summed E-state index contributed by atoms with van der Waals surface area (Å²) in [5.74, 6) is -1.20. The highest BCUT2D eigenvalue weighted by Crippen LogP contribution is 2.11. The van der Waals surface area contributed by atoms with Crippen molar-refractivity contribution in [3.63, 3.8) is 0 Å². The zero-order chi connectivity index (χ0) is 11.3. The Morgan fingerprint density at radius 1 is 1.13 bits per heavy atom. The van der Waals surface area contributed by atoms with Gasteiger partial charge in [-0.05, 0) is 24.1 Å². The van der Waals surface area contributed by atoms with Crippen LogP contribution in [0.5, 0.6) is 5.75 Å². The molecular formula is C11H12O4. The number of aryl methyl sites for hydroxylation is 1. The molecule has 1 aromatic carbocycles. The number of carboxylic acid groups (broad SMARTS) is 1. The van der Waals surface area contributed by atoms with E-state index in [0.717, 1.165) is 5.56 Å². The van der Waals surface area contributed by atoms with Crippen LogP contribution in [0.4, 0.5) is 0 Å². The van der Waals surface area contributed by atoms with Crippen molar-refractivity contribution in [1.82, 2.24) is 0 Å². The number of ketones is 1. The van der Waals surface area contributed by atoms with Gasteiger partial charge in [-0.15, -0.1) is 0 Å². The quantitative estimate of drug-likeness (QED) is 0.716. The van der Waals surface area contributed by atoms with E-state index in [1.54, 1.807) is 12.1 Å². The van der Waals surface area contributed by atoms with Gasteiger partial charge in [0.15, 0.2) is 0 Å². The van der Waals surface area contributed by atoms with Crippen LogP contribution in [-0.2, 0) is 16.0 Å². The fraction of sp³-hybridized carbons (Fsp3) is 0.273. The summed E-state index contributed by atoms with van der Waals surface area (Å²) in [6.07, 6.45) is 0.307. The lowest BCUT2D eigenvalue weighted by Gasteiger charge is -2.00. The Balaban J connectivity index is 2.40. The third kappa shape index (κ3) is 4.26. The molecule has 2 N–H and O–H groups in total. The van der Waals surface area contributed by atoms with Crippen molar-refractivity contribution in [3.05, 3.63) is 29.8 Å². The topological polar surface area (TPSA) is 74.6 Å². The zero-order valence-corrected chi connectivity index (χ0v) is 8.14. The highest BCUT2D eigenvalue weighted by atomic mass is 16.4. The smallest absolute Gasteiger partial charge is 0.310 e. The van der Waals surface area contributed by atoms with E-state index in [9.17, 15) is 9.59 Å². The van der Waals surface area contributed by atoms with E-state index >= 15 is 0 Å². The van der Waals surface area contributed by atoms with Gasteiger partial charge in [0.25, 0.3) is 0 Å². The molecule has 15 heavy (non-hydrogen) atoms. The molecule has 1 aromatic rings. The number of carboxylic acids is 1. The summed E-state index contributed by atoms with van der Waals surface area (Å²) in [5.41, 5.74) is 0.909. The molecule has 0 aliphatic carbocycles. The first-order chi connectivity index (χ1) is 7.08. The van der Waals surface area contributed by atoms with Crippen LogP contribution in [0.3, 0.4) is 0 Å². The molecule has 0 fully saturated rings. The minimum absolute atomic E-state index is 0.176. The van der Waals surface area contributed by atoms with Crippen LogP contribution in [0.2, 0.25) is 0 Å². The lowest BCUT2D eigenvalue weighted by Crippen LogP contribution is -2.07. The number of hydrogen-bond acceptors (Lipinski definition) is 3. The lowest BCUT2D eigenvalue weighted by molar-refractivity contribution is -0.140. The largest absolute Gasteiger partial charge is 0.508 e. The normalized spacial score (nSPS) is 9.87. The van der Waals surface area contributed by atoms with Crippen LogP contribution in [0.15, 0.2) is 24.3 Å². The van der Waals surface area contributed by atoms with Crippen molar-refractivity contribution in [3.8, 4) is 5.75 Å². The van der Waals surface area contributed by atoms with Crippen LogP contribution < -0.4 is 0 Å². The van der Waals surface area contributed by atoms with Gasteiger partial charge in [0.1, 0.15) is 18.0 Å². The standard InChI is InChI=1S/C11H12O4/c12-9-4-1-8(2-5-9)3-6-10(13)7-11(14)15/h1-2,4-5,12H,3,6-7H2,(H,14,15). The molecule has 1 rings (SSSR count). The van der Waals surface area contributed by atoms with Gasteiger partial charge in [-0.2, -0.15) is 0 Å². The number of phenolic OH excluding ortho intramolecular Hbond substituents is 1. The summed E-state index contributed by atoms with van der Waals surface area (Å²) in [5, 5.41) is 17.4. The molecular weight excluding hydrogens is 196 g/mol. The Kier molecular flexibility index (Phi) is 3.85. The molecule has 0 heterocycles. The molecule has 80 valence electrons.